The van der Waals surface area contributed by atoms with E-state index >= 15 is 0 Å². The Morgan fingerprint density at radius 3 is 2.40 bits per heavy atom. The van der Waals surface area contributed by atoms with Gasteiger partial charge in [-0.3, -0.25) is 4.79 Å². The lowest BCUT2D eigenvalue weighted by Gasteiger charge is -2.37. The van der Waals surface area contributed by atoms with Crippen molar-refractivity contribution in [2.75, 3.05) is 27.4 Å². The van der Waals surface area contributed by atoms with Crippen LogP contribution in [0.1, 0.15) is 62.1 Å². The average molecular weight is 612 g/mol. The summed E-state index contributed by atoms with van der Waals surface area (Å²) in [4.78, 5) is 27.8. The number of hydrogen-bond acceptors (Lipinski definition) is 8. The molecule has 1 heterocycles. The Balaban J connectivity index is 1.48. The van der Waals surface area contributed by atoms with E-state index in [0.29, 0.717) is 53.5 Å². The lowest BCUT2D eigenvalue weighted by Crippen LogP contribution is -2.36. The van der Waals surface area contributed by atoms with E-state index in [0.717, 1.165) is 22.4 Å². The summed E-state index contributed by atoms with van der Waals surface area (Å²) in [6, 6.07) is 23.3. The fourth-order valence-electron chi connectivity index (χ4n) is 6.01. The van der Waals surface area contributed by atoms with Crippen molar-refractivity contribution in [1.29, 1.82) is 0 Å². The molecule has 3 aromatic carbocycles. The maximum absolute atomic E-state index is 14.1. The Kier molecular flexibility index (Phi) is 10.2. The van der Waals surface area contributed by atoms with E-state index in [4.69, 9.17) is 23.7 Å². The van der Waals surface area contributed by atoms with E-state index in [1.807, 2.05) is 93.6 Å². The van der Waals surface area contributed by atoms with Gasteiger partial charge in [0.1, 0.15) is 19.0 Å². The minimum atomic E-state index is -0.612. The Bertz CT molecular complexity index is 1590. The lowest BCUT2D eigenvalue weighted by molar-refractivity contribution is -0.141. The number of esters is 1. The highest BCUT2D eigenvalue weighted by Crippen LogP contribution is 2.47. The van der Waals surface area contributed by atoms with E-state index < -0.39 is 11.9 Å². The largest absolute Gasteiger partial charge is 0.493 e. The molecule has 3 aromatic rings. The van der Waals surface area contributed by atoms with Crippen LogP contribution in [-0.4, -0.2) is 45.3 Å². The van der Waals surface area contributed by atoms with E-state index in [1.54, 1.807) is 14.2 Å². The van der Waals surface area contributed by atoms with Gasteiger partial charge in [0, 0.05) is 29.3 Å². The normalized spacial score (nSPS) is 18.0. The Morgan fingerprint density at radius 2 is 1.67 bits per heavy atom. The lowest BCUT2D eigenvalue weighted by atomic mass is 9.71. The van der Waals surface area contributed by atoms with E-state index in [-0.39, 0.29) is 31.0 Å². The van der Waals surface area contributed by atoms with E-state index in [9.17, 15) is 9.59 Å². The first kappa shape index (κ1) is 31.9. The molecule has 236 valence electrons. The van der Waals surface area contributed by atoms with Gasteiger partial charge in [0.25, 0.3) is 0 Å². The van der Waals surface area contributed by atoms with Crippen LogP contribution in [0.4, 0.5) is 0 Å². The number of dihydropyridines is 1. The van der Waals surface area contributed by atoms with Gasteiger partial charge in [0.15, 0.2) is 17.3 Å². The maximum atomic E-state index is 14.1. The summed E-state index contributed by atoms with van der Waals surface area (Å²) in [5.41, 5.74) is 5.28. The highest BCUT2D eigenvalue weighted by atomic mass is 16.6. The summed E-state index contributed by atoms with van der Waals surface area (Å²) in [5.74, 6) is 0.720. The highest BCUT2D eigenvalue weighted by molar-refractivity contribution is 6.04. The molecule has 0 fully saturated rings. The van der Waals surface area contributed by atoms with Gasteiger partial charge in [-0.05, 0) is 74.1 Å². The Hall–Kier alpha value is -4.56. The van der Waals surface area contributed by atoms with Crippen LogP contribution in [0.3, 0.4) is 0 Å². The van der Waals surface area contributed by atoms with Crippen LogP contribution in [0, 0.1) is 0 Å². The predicted octanol–water partition coefficient (Wildman–Crippen LogP) is 6.61. The number of hydrogen-bond donors (Lipinski definition) is 1. The summed E-state index contributed by atoms with van der Waals surface area (Å²) in [6.07, 6.45) is 0.915. The van der Waals surface area contributed by atoms with Crippen molar-refractivity contribution in [2.45, 2.75) is 58.2 Å². The molecule has 0 amide bonds. The summed E-state index contributed by atoms with van der Waals surface area (Å²) >= 11 is 0. The second-order valence-electron chi connectivity index (χ2n) is 11.5. The second kappa shape index (κ2) is 14.5. The van der Waals surface area contributed by atoms with Gasteiger partial charge in [-0.25, -0.2) is 4.79 Å². The van der Waals surface area contributed by atoms with Gasteiger partial charge in [-0.2, -0.15) is 0 Å². The third-order valence-corrected chi connectivity index (χ3v) is 8.13. The Labute approximate surface area is 265 Å². The zero-order chi connectivity index (χ0) is 31.9. The fraction of sp³-hybridized carbons (Fsp3) is 0.351. The first-order chi connectivity index (χ1) is 21.8. The molecule has 0 saturated heterocycles. The standard InChI is InChI=1S/C37H41NO7/c1-23(2)43-16-17-44-37(40)34-24(3)38-30-19-28(26-14-15-32(41-4)33(21-26)42-5)20-31(39)36(30)35(34)27-12-9-13-29(18-27)45-22-25-10-7-6-8-11-25/h6-15,18,21,23,28,35,38H,16-17,19-20,22H2,1-5H3/t28-,35-/m0/s1. The molecule has 0 unspecified atom stereocenters. The number of benzene rings is 3. The first-order valence-corrected chi connectivity index (χ1v) is 15.3. The number of carbonyl (C=O) groups excluding carboxylic acids is 2. The van der Waals surface area contributed by atoms with Crippen molar-refractivity contribution in [3.8, 4) is 17.2 Å². The van der Waals surface area contributed by atoms with Crippen molar-refractivity contribution in [3.05, 3.63) is 112 Å². The zero-order valence-corrected chi connectivity index (χ0v) is 26.6. The third kappa shape index (κ3) is 7.40. The second-order valence-corrected chi connectivity index (χ2v) is 11.5. The van der Waals surface area contributed by atoms with Crippen molar-refractivity contribution in [1.82, 2.24) is 5.32 Å². The number of Topliss-reactive ketones (excluding diaryl/α,β-unsaturated/α-hetero) is 1. The summed E-state index contributed by atoms with van der Waals surface area (Å²) in [7, 11) is 3.20. The molecule has 0 radical (unpaired) electrons. The van der Waals surface area contributed by atoms with Crippen molar-refractivity contribution in [2.24, 2.45) is 0 Å². The monoisotopic (exact) mass is 611 g/mol. The zero-order valence-electron chi connectivity index (χ0n) is 26.6. The highest BCUT2D eigenvalue weighted by Gasteiger charge is 2.41. The molecule has 5 rings (SSSR count). The molecule has 0 saturated carbocycles. The molecular formula is C37H41NO7. The fourth-order valence-corrected chi connectivity index (χ4v) is 6.01. The van der Waals surface area contributed by atoms with Gasteiger partial charge >= 0.3 is 5.97 Å². The van der Waals surface area contributed by atoms with Crippen LogP contribution in [0.25, 0.3) is 0 Å². The maximum Gasteiger partial charge on any atom is 0.336 e. The van der Waals surface area contributed by atoms with Gasteiger partial charge in [-0.1, -0.05) is 48.5 Å². The van der Waals surface area contributed by atoms with Crippen LogP contribution in [0.2, 0.25) is 0 Å². The molecular weight excluding hydrogens is 570 g/mol. The average Bonchev–Trinajstić information content (AvgIpc) is 3.05. The smallest absolute Gasteiger partial charge is 0.336 e. The minimum Gasteiger partial charge on any atom is -0.493 e. The van der Waals surface area contributed by atoms with Crippen molar-refractivity contribution >= 4 is 11.8 Å². The van der Waals surface area contributed by atoms with E-state index in [2.05, 4.69) is 5.32 Å². The summed E-state index contributed by atoms with van der Waals surface area (Å²) in [6.45, 7) is 6.52. The molecule has 0 spiro atoms. The first-order valence-electron chi connectivity index (χ1n) is 15.3. The van der Waals surface area contributed by atoms with Crippen LogP contribution in [0.15, 0.2) is 95.3 Å². The van der Waals surface area contributed by atoms with Gasteiger partial charge in [0.05, 0.1) is 32.5 Å². The molecule has 45 heavy (non-hydrogen) atoms. The third-order valence-electron chi connectivity index (χ3n) is 8.13. The molecule has 0 aromatic heterocycles. The Morgan fingerprint density at radius 1 is 0.889 bits per heavy atom. The number of carbonyl (C=O) groups is 2. The molecule has 2 atom stereocenters. The number of methoxy groups -OCH3 is 2. The molecule has 2 aliphatic rings. The number of ether oxygens (including phenoxy) is 5. The van der Waals surface area contributed by atoms with Gasteiger partial charge in [0.2, 0.25) is 0 Å². The molecule has 1 aliphatic carbocycles. The molecule has 8 heteroatoms. The van der Waals surface area contributed by atoms with Crippen LogP contribution in [-0.2, 0) is 25.7 Å². The van der Waals surface area contributed by atoms with Gasteiger partial charge in [-0.15, -0.1) is 0 Å². The summed E-state index contributed by atoms with van der Waals surface area (Å²) in [5, 5.41) is 3.42. The molecule has 1 aliphatic heterocycles. The quantitative estimate of drug-likeness (QED) is 0.181. The van der Waals surface area contributed by atoms with Crippen molar-refractivity contribution in [3.63, 3.8) is 0 Å². The number of ketones is 1. The molecule has 1 N–H and O–H groups in total. The minimum absolute atomic E-state index is 0.0231. The number of allylic oxidation sites excluding steroid dienone is 3. The van der Waals surface area contributed by atoms with Crippen LogP contribution < -0.4 is 19.5 Å². The van der Waals surface area contributed by atoms with Crippen LogP contribution >= 0.6 is 0 Å². The van der Waals surface area contributed by atoms with E-state index in [1.165, 1.54) is 0 Å². The predicted molar refractivity (Wildman–Crippen MR) is 171 cm³/mol. The van der Waals surface area contributed by atoms with Crippen molar-refractivity contribution < 1.29 is 33.3 Å². The SMILES string of the molecule is COc1ccc([C@@H]2CC(=O)C3=C(C2)NC(C)=C(C(=O)OCCOC(C)C)[C@@H]3c2cccc(OCc3ccccc3)c2)cc1OC. The topological polar surface area (TPSA) is 92.3 Å². The number of rotatable bonds is 12. The molecule has 8 nitrogen and oxygen atoms in total. The van der Waals surface area contributed by atoms with Crippen LogP contribution in [0.5, 0.6) is 17.2 Å². The summed E-state index contributed by atoms with van der Waals surface area (Å²) < 4.78 is 28.4. The number of nitrogens with one attached hydrogen (secondary N) is 1. The molecule has 0 bridgehead atoms. The van der Waals surface area contributed by atoms with Gasteiger partial charge < -0.3 is 29.0 Å².